The molecule has 3 aromatic carbocycles. The summed E-state index contributed by atoms with van der Waals surface area (Å²) in [6.07, 6.45) is 2.90. The first kappa shape index (κ1) is 21.9. The molecule has 2 heterocycles. The Balaban J connectivity index is 1.36. The summed E-state index contributed by atoms with van der Waals surface area (Å²) >= 11 is 0. The molecule has 0 aliphatic carbocycles. The Bertz CT molecular complexity index is 1330. The second-order valence-corrected chi connectivity index (χ2v) is 8.89. The minimum Gasteiger partial charge on any atom is -0.361 e. The number of hydrogen-bond donors (Lipinski definition) is 4. The standard InChI is InChI=1S/C28H28N4O2/c1-18-10-12-22(13-11-18)31-28(34)26(15-21-17-29-24-9-5-4-8-23(21)24)32-27(33)25-14-19-6-2-3-7-20(19)16-30-25/h2-13,17,25-26,29-30H,14-16H2,1H3,(H,31,34)(H,32,33)/t25-,26-/m1/s1. The second-order valence-electron chi connectivity index (χ2n) is 8.89. The lowest BCUT2D eigenvalue weighted by Crippen LogP contribution is -2.53. The summed E-state index contributed by atoms with van der Waals surface area (Å²) in [5, 5.41) is 10.4. The Morgan fingerprint density at radius 2 is 1.71 bits per heavy atom. The number of carbonyl (C=O) groups excluding carboxylic acids is 2. The van der Waals surface area contributed by atoms with Gasteiger partial charge in [-0.3, -0.25) is 9.59 Å². The zero-order chi connectivity index (χ0) is 23.5. The van der Waals surface area contributed by atoms with Crippen molar-refractivity contribution in [1.29, 1.82) is 0 Å². The molecule has 0 unspecified atom stereocenters. The van der Waals surface area contributed by atoms with Crippen LogP contribution >= 0.6 is 0 Å². The summed E-state index contributed by atoms with van der Waals surface area (Å²) in [7, 11) is 0. The van der Waals surface area contributed by atoms with E-state index >= 15 is 0 Å². The number of benzene rings is 3. The number of H-pyrrole nitrogens is 1. The third-order valence-electron chi connectivity index (χ3n) is 6.45. The Morgan fingerprint density at radius 1 is 0.971 bits per heavy atom. The van der Waals surface area contributed by atoms with Gasteiger partial charge in [-0.15, -0.1) is 0 Å². The first-order valence-corrected chi connectivity index (χ1v) is 11.6. The SMILES string of the molecule is Cc1ccc(NC(=O)[C@@H](Cc2c[nH]c3ccccc23)NC(=O)[C@H]2Cc3ccccc3CN2)cc1. The van der Waals surface area contributed by atoms with Gasteiger partial charge in [0.25, 0.3) is 0 Å². The molecule has 172 valence electrons. The maximum atomic E-state index is 13.3. The molecule has 0 saturated carbocycles. The van der Waals surface area contributed by atoms with Gasteiger partial charge in [0.2, 0.25) is 11.8 Å². The number of para-hydroxylation sites is 1. The van der Waals surface area contributed by atoms with Crippen molar-refractivity contribution in [2.24, 2.45) is 0 Å². The average Bonchev–Trinajstić information content (AvgIpc) is 3.27. The van der Waals surface area contributed by atoms with Gasteiger partial charge < -0.3 is 20.9 Å². The Labute approximate surface area is 198 Å². The lowest BCUT2D eigenvalue weighted by Gasteiger charge is -2.27. The van der Waals surface area contributed by atoms with E-state index in [1.807, 2.05) is 73.8 Å². The van der Waals surface area contributed by atoms with Crippen LogP contribution in [0.25, 0.3) is 10.9 Å². The van der Waals surface area contributed by atoms with E-state index in [9.17, 15) is 9.59 Å². The van der Waals surface area contributed by atoms with Crippen LogP contribution < -0.4 is 16.0 Å². The van der Waals surface area contributed by atoms with Gasteiger partial charge in [0.05, 0.1) is 6.04 Å². The van der Waals surface area contributed by atoms with E-state index in [0.29, 0.717) is 25.1 Å². The number of hydrogen-bond acceptors (Lipinski definition) is 3. The van der Waals surface area contributed by atoms with E-state index in [4.69, 9.17) is 0 Å². The van der Waals surface area contributed by atoms with E-state index in [-0.39, 0.29) is 17.9 Å². The summed E-state index contributed by atoms with van der Waals surface area (Å²) in [6, 6.07) is 22.7. The number of nitrogens with one attached hydrogen (secondary N) is 4. The van der Waals surface area contributed by atoms with Crippen LogP contribution in [0.15, 0.2) is 79.0 Å². The van der Waals surface area contributed by atoms with Gasteiger partial charge >= 0.3 is 0 Å². The van der Waals surface area contributed by atoms with Crippen LogP contribution in [0.1, 0.15) is 22.3 Å². The first-order chi connectivity index (χ1) is 16.6. The van der Waals surface area contributed by atoms with Crippen molar-refractivity contribution < 1.29 is 9.59 Å². The zero-order valence-electron chi connectivity index (χ0n) is 19.1. The fraction of sp³-hybridized carbons (Fsp3) is 0.214. The Kier molecular flexibility index (Phi) is 6.14. The smallest absolute Gasteiger partial charge is 0.247 e. The summed E-state index contributed by atoms with van der Waals surface area (Å²) in [5.41, 5.74) is 6.19. The van der Waals surface area contributed by atoms with Crippen molar-refractivity contribution in [2.75, 3.05) is 5.32 Å². The fourth-order valence-electron chi connectivity index (χ4n) is 4.51. The lowest BCUT2D eigenvalue weighted by molar-refractivity contribution is -0.128. The van der Waals surface area contributed by atoms with Crippen molar-refractivity contribution in [2.45, 2.75) is 38.4 Å². The monoisotopic (exact) mass is 452 g/mol. The molecule has 0 fully saturated rings. The van der Waals surface area contributed by atoms with Gasteiger partial charge in [0.1, 0.15) is 6.04 Å². The number of amides is 2. The third kappa shape index (κ3) is 4.72. The van der Waals surface area contributed by atoms with E-state index in [1.165, 1.54) is 11.1 Å². The van der Waals surface area contributed by atoms with E-state index < -0.39 is 6.04 Å². The highest BCUT2D eigenvalue weighted by atomic mass is 16.2. The van der Waals surface area contributed by atoms with Gasteiger partial charge in [0, 0.05) is 35.8 Å². The second kappa shape index (κ2) is 9.53. The molecule has 6 nitrogen and oxygen atoms in total. The number of aromatic amines is 1. The zero-order valence-corrected chi connectivity index (χ0v) is 19.1. The van der Waals surface area contributed by atoms with Crippen LogP contribution in [-0.2, 0) is 29.0 Å². The fourth-order valence-corrected chi connectivity index (χ4v) is 4.51. The maximum absolute atomic E-state index is 13.3. The Morgan fingerprint density at radius 3 is 2.53 bits per heavy atom. The summed E-state index contributed by atoms with van der Waals surface area (Å²) < 4.78 is 0. The van der Waals surface area contributed by atoms with Crippen LogP contribution in [0.3, 0.4) is 0 Å². The molecule has 1 aromatic heterocycles. The largest absolute Gasteiger partial charge is 0.361 e. The lowest BCUT2D eigenvalue weighted by atomic mass is 9.95. The van der Waals surface area contributed by atoms with Crippen molar-refractivity contribution >= 4 is 28.4 Å². The number of aryl methyl sites for hydroxylation is 1. The van der Waals surface area contributed by atoms with Gasteiger partial charge in [-0.25, -0.2) is 0 Å². The molecule has 0 radical (unpaired) electrons. The molecule has 1 aliphatic rings. The Hall–Kier alpha value is -3.90. The predicted octanol–water partition coefficient (Wildman–Crippen LogP) is 3.86. The third-order valence-corrected chi connectivity index (χ3v) is 6.45. The van der Waals surface area contributed by atoms with Crippen molar-refractivity contribution in [1.82, 2.24) is 15.6 Å². The summed E-state index contributed by atoms with van der Waals surface area (Å²) in [4.78, 5) is 29.8. The average molecular weight is 453 g/mol. The van der Waals surface area contributed by atoms with Gasteiger partial charge in [0.15, 0.2) is 0 Å². The van der Waals surface area contributed by atoms with Crippen LogP contribution in [0, 0.1) is 6.92 Å². The molecule has 4 aromatic rings. The molecule has 6 heteroatoms. The quantitative estimate of drug-likeness (QED) is 0.358. The molecule has 5 rings (SSSR count). The maximum Gasteiger partial charge on any atom is 0.247 e. The number of anilines is 1. The van der Waals surface area contributed by atoms with Gasteiger partial charge in [-0.1, -0.05) is 60.2 Å². The molecule has 2 atom stereocenters. The number of carbonyl (C=O) groups is 2. The highest BCUT2D eigenvalue weighted by molar-refractivity contribution is 5.98. The molecular weight excluding hydrogens is 424 g/mol. The van der Waals surface area contributed by atoms with Crippen LogP contribution in [0.4, 0.5) is 5.69 Å². The molecule has 0 saturated heterocycles. The molecule has 0 spiro atoms. The van der Waals surface area contributed by atoms with Gasteiger partial charge in [-0.05, 0) is 48.2 Å². The van der Waals surface area contributed by atoms with Gasteiger partial charge in [-0.2, -0.15) is 0 Å². The van der Waals surface area contributed by atoms with Crippen LogP contribution in [0.5, 0.6) is 0 Å². The molecule has 2 amide bonds. The molecule has 4 N–H and O–H groups in total. The predicted molar refractivity (Wildman–Crippen MR) is 135 cm³/mol. The highest BCUT2D eigenvalue weighted by Gasteiger charge is 2.29. The van der Waals surface area contributed by atoms with E-state index in [2.05, 4.69) is 33.1 Å². The van der Waals surface area contributed by atoms with Crippen LogP contribution in [0.2, 0.25) is 0 Å². The minimum absolute atomic E-state index is 0.168. The summed E-state index contributed by atoms with van der Waals surface area (Å²) in [5.74, 6) is -0.405. The van der Waals surface area contributed by atoms with Crippen molar-refractivity contribution in [3.8, 4) is 0 Å². The van der Waals surface area contributed by atoms with Crippen molar-refractivity contribution in [3.63, 3.8) is 0 Å². The molecule has 0 bridgehead atoms. The highest BCUT2D eigenvalue weighted by Crippen LogP contribution is 2.21. The van der Waals surface area contributed by atoms with E-state index in [1.54, 1.807) is 0 Å². The normalized spacial score (nSPS) is 16.0. The van der Waals surface area contributed by atoms with Crippen molar-refractivity contribution in [3.05, 3.63) is 101 Å². The first-order valence-electron chi connectivity index (χ1n) is 11.6. The molecule has 1 aliphatic heterocycles. The van der Waals surface area contributed by atoms with E-state index in [0.717, 1.165) is 22.0 Å². The molecule has 34 heavy (non-hydrogen) atoms. The number of rotatable bonds is 6. The van der Waals surface area contributed by atoms with Crippen LogP contribution in [-0.4, -0.2) is 28.9 Å². The summed E-state index contributed by atoms with van der Waals surface area (Å²) in [6.45, 7) is 2.64. The number of fused-ring (bicyclic) bond motifs is 2. The minimum atomic E-state index is -0.716. The molecular formula is C28H28N4O2. The number of aromatic nitrogens is 1. The topological polar surface area (TPSA) is 86.0 Å².